The second kappa shape index (κ2) is 8.66. The van der Waals surface area contributed by atoms with Crippen LogP contribution < -0.4 is 16.4 Å². The SMILES string of the molecule is CNC(=O)c1nc(-c2cccc(C(=O)NCc3ccc(Cl)cc3F)c2)cnc1N. The van der Waals surface area contributed by atoms with E-state index < -0.39 is 17.6 Å². The maximum atomic E-state index is 13.9. The van der Waals surface area contributed by atoms with Crippen molar-refractivity contribution in [1.82, 2.24) is 20.6 Å². The Kier molecular flexibility index (Phi) is 6.04. The topological polar surface area (TPSA) is 110 Å². The molecule has 29 heavy (non-hydrogen) atoms. The first-order chi connectivity index (χ1) is 13.9. The van der Waals surface area contributed by atoms with Gasteiger partial charge in [0, 0.05) is 35.3 Å². The molecule has 0 aliphatic rings. The molecule has 0 saturated carbocycles. The van der Waals surface area contributed by atoms with Crippen molar-refractivity contribution in [2.24, 2.45) is 0 Å². The lowest BCUT2D eigenvalue weighted by atomic mass is 10.1. The van der Waals surface area contributed by atoms with Crippen LogP contribution >= 0.6 is 11.6 Å². The number of nitrogen functional groups attached to an aromatic ring is 1. The molecule has 0 unspecified atom stereocenters. The first kappa shape index (κ1) is 20.2. The molecule has 0 spiro atoms. The van der Waals surface area contributed by atoms with E-state index in [0.29, 0.717) is 22.4 Å². The van der Waals surface area contributed by atoms with E-state index in [1.807, 2.05) is 0 Å². The molecular weight excluding hydrogens is 397 g/mol. The van der Waals surface area contributed by atoms with Crippen LogP contribution in [0.15, 0.2) is 48.7 Å². The fourth-order valence-electron chi connectivity index (χ4n) is 2.59. The van der Waals surface area contributed by atoms with Gasteiger partial charge in [0.05, 0.1) is 11.9 Å². The summed E-state index contributed by atoms with van der Waals surface area (Å²) in [7, 11) is 1.46. The number of hydrogen-bond acceptors (Lipinski definition) is 5. The Bertz CT molecular complexity index is 1090. The van der Waals surface area contributed by atoms with Crippen molar-refractivity contribution in [2.75, 3.05) is 12.8 Å². The molecule has 1 heterocycles. The Balaban J connectivity index is 1.80. The standard InChI is InChI=1S/C20H17ClFN5O2/c1-24-20(29)17-18(23)25-10-16(27-17)11-3-2-4-12(7-11)19(28)26-9-13-5-6-14(21)8-15(13)22/h2-8,10H,9H2,1H3,(H2,23,25)(H,24,29)(H,26,28). The summed E-state index contributed by atoms with van der Waals surface area (Å²) in [6.07, 6.45) is 1.42. The summed E-state index contributed by atoms with van der Waals surface area (Å²) in [6.45, 7) is 0.00849. The molecule has 0 fully saturated rings. The Morgan fingerprint density at radius 2 is 1.97 bits per heavy atom. The number of carbonyl (C=O) groups is 2. The number of benzene rings is 2. The van der Waals surface area contributed by atoms with Gasteiger partial charge in [-0.25, -0.2) is 14.4 Å². The molecule has 2 amide bonds. The summed E-state index contributed by atoms with van der Waals surface area (Å²) in [6, 6.07) is 10.9. The largest absolute Gasteiger partial charge is 0.382 e. The molecule has 0 aliphatic heterocycles. The molecule has 1 aromatic heterocycles. The van der Waals surface area contributed by atoms with E-state index in [9.17, 15) is 14.0 Å². The van der Waals surface area contributed by atoms with E-state index >= 15 is 0 Å². The van der Waals surface area contributed by atoms with Gasteiger partial charge < -0.3 is 16.4 Å². The van der Waals surface area contributed by atoms with Gasteiger partial charge in [-0.1, -0.05) is 29.8 Å². The lowest BCUT2D eigenvalue weighted by Gasteiger charge is -2.09. The molecular formula is C20H17ClFN5O2. The quantitative estimate of drug-likeness (QED) is 0.595. The highest BCUT2D eigenvalue weighted by Crippen LogP contribution is 2.20. The van der Waals surface area contributed by atoms with E-state index in [2.05, 4.69) is 20.6 Å². The zero-order valence-electron chi connectivity index (χ0n) is 15.4. The number of nitrogens with one attached hydrogen (secondary N) is 2. The third-order valence-electron chi connectivity index (χ3n) is 4.12. The van der Waals surface area contributed by atoms with Crippen molar-refractivity contribution in [3.8, 4) is 11.3 Å². The number of halogens is 2. The maximum absolute atomic E-state index is 13.9. The van der Waals surface area contributed by atoms with Gasteiger partial charge in [-0.15, -0.1) is 0 Å². The fraction of sp³-hybridized carbons (Fsp3) is 0.100. The number of amides is 2. The Labute approximate surface area is 171 Å². The molecule has 0 bridgehead atoms. The normalized spacial score (nSPS) is 10.4. The van der Waals surface area contributed by atoms with Crippen LogP contribution in [0, 0.1) is 5.82 Å². The Morgan fingerprint density at radius 3 is 2.69 bits per heavy atom. The van der Waals surface area contributed by atoms with Gasteiger partial charge in [0.1, 0.15) is 5.82 Å². The lowest BCUT2D eigenvalue weighted by Crippen LogP contribution is -2.23. The number of anilines is 1. The number of rotatable bonds is 5. The van der Waals surface area contributed by atoms with Gasteiger partial charge in [-0.3, -0.25) is 9.59 Å². The number of hydrogen-bond donors (Lipinski definition) is 3. The van der Waals surface area contributed by atoms with E-state index in [1.165, 1.54) is 25.4 Å². The number of aromatic nitrogens is 2. The van der Waals surface area contributed by atoms with Crippen molar-refractivity contribution in [3.63, 3.8) is 0 Å². The zero-order chi connectivity index (χ0) is 21.0. The molecule has 9 heteroatoms. The van der Waals surface area contributed by atoms with Gasteiger partial charge in [0.15, 0.2) is 11.5 Å². The molecule has 7 nitrogen and oxygen atoms in total. The van der Waals surface area contributed by atoms with Crippen LogP contribution in [-0.2, 0) is 6.54 Å². The predicted octanol–water partition coefficient (Wildman–Crippen LogP) is 2.81. The summed E-state index contributed by atoms with van der Waals surface area (Å²) in [5.74, 6) is -1.34. The predicted molar refractivity (Wildman–Crippen MR) is 108 cm³/mol. The van der Waals surface area contributed by atoms with E-state index in [4.69, 9.17) is 17.3 Å². The molecule has 148 valence electrons. The van der Waals surface area contributed by atoms with E-state index in [1.54, 1.807) is 30.3 Å². The molecule has 0 atom stereocenters. The third-order valence-corrected chi connectivity index (χ3v) is 4.35. The van der Waals surface area contributed by atoms with Crippen molar-refractivity contribution < 1.29 is 14.0 Å². The molecule has 3 rings (SSSR count). The highest BCUT2D eigenvalue weighted by atomic mass is 35.5. The summed E-state index contributed by atoms with van der Waals surface area (Å²) >= 11 is 5.73. The van der Waals surface area contributed by atoms with Gasteiger partial charge in [-0.2, -0.15) is 0 Å². The van der Waals surface area contributed by atoms with Crippen LogP contribution in [0.1, 0.15) is 26.4 Å². The van der Waals surface area contributed by atoms with Gasteiger partial charge in [0.25, 0.3) is 11.8 Å². The highest BCUT2D eigenvalue weighted by molar-refractivity contribution is 6.30. The number of carbonyl (C=O) groups excluding carboxylic acids is 2. The highest BCUT2D eigenvalue weighted by Gasteiger charge is 2.14. The molecule has 2 aromatic carbocycles. The molecule has 4 N–H and O–H groups in total. The van der Waals surface area contributed by atoms with Gasteiger partial charge in [-0.05, 0) is 24.3 Å². The average Bonchev–Trinajstić information content (AvgIpc) is 2.72. The molecule has 3 aromatic rings. The van der Waals surface area contributed by atoms with Crippen molar-refractivity contribution >= 4 is 29.2 Å². The second-order valence-electron chi connectivity index (χ2n) is 6.07. The van der Waals surface area contributed by atoms with Crippen LogP contribution in [0.2, 0.25) is 5.02 Å². The van der Waals surface area contributed by atoms with Crippen LogP contribution in [0.25, 0.3) is 11.3 Å². The second-order valence-corrected chi connectivity index (χ2v) is 6.50. The Hall–Kier alpha value is -3.52. The van der Waals surface area contributed by atoms with Crippen molar-refractivity contribution in [1.29, 1.82) is 0 Å². The third kappa shape index (κ3) is 4.67. The molecule has 0 aliphatic carbocycles. The van der Waals surface area contributed by atoms with Gasteiger partial charge in [0.2, 0.25) is 0 Å². The van der Waals surface area contributed by atoms with Crippen molar-refractivity contribution in [2.45, 2.75) is 6.54 Å². The summed E-state index contributed by atoms with van der Waals surface area (Å²) < 4.78 is 13.9. The number of nitrogens with zero attached hydrogens (tertiary/aromatic N) is 2. The fourth-order valence-corrected chi connectivity index (χ4v) is 2.74. The monoisotopic (exact) mass is 413 g/mol. The summed E-state index contributed by atoms with van der Waals surface area (Å²) in [5, 5.41) is 5.39. The van der Waals surface area contributed by atoms with Crippen LogP contribution in [-0.4, -0.2) is 28.8 Å². The lowest BCUT2D eigenvalue weighted by molar-refractivity contribution is 0.0945. The van der Waals surface area contributed by atoms with E-state index in [0.717, 1.165) is 0 Å². The Morgan fingerprint density at radius 1 is 1.17 bits per heavy atom. The van der Waals surface area contributed by atoms with Crippen molar-refractivity contribution in [3.05, 3.63) is 76.3 Å². The molecule has 0 radical (unpaired) electrons. The average molecular weight is 414 g/mol. The first-order valence-corrected chi connectivity index (χ1v) is 8.94. The smallest absolute Gasteiger partial charge is 0.273 e. The minimum absolute atomic E-state index is 0.00179. The molecule has 0 saturated heterocycles. The minimum atomic E-state index is -0.495. The summed E-state index contributed by atoms with van der Waals surface area (Å²) in [4.78, 5) is 32.6. The first-order valence-electron chi connectivity index (χ1n) is 8.56. The number of nitrogens with two attached hydrogens (primary N) is 1. The minimum Gasteiger partial charge on any atom is -0.382 e. The van der Waals surface area contributed by atoms with Gasteiger partial charge >= 0.3 is 0 Å². The zero-order valence-corrected chi connectivity index (χ0v) is 16.1. The maximum Gasteiger partial charge on any atom is 0.273 e. The summed E-state index contributed by atoms with van der Waals surface area (Å²) in [5.41, 5.74) is 7.32. The van der Waals surface area contributed by atoms with Crippen LogP contribution in [0.4, 0.5) is 10.2 Å². The van der Waals surface area contributed by atoms with E-state index in [-0.39, 0.29) is 23.1 Å². The van der Waals surface area contributed by atoms with Crippen LogP contribution in [0.3, 0.4) is 0 Å². The van der Waals surface area contributed by atoms with Crippen LogP contribution in [0.5, 0.6) is 0 Å².